The summed E-state index contributed by atoms with van der Waals surface area (Å²) >= 11 is 1.62. The van der Waals surface area contributed by atoms with Gasteiger partial charge in [-0.05, 0) is 38.9 Å². The zero-order valence-corrected chi connectivity index (χ0v) is 16.3. The predicted molar refractivity (Wildman–Crippen MR) is 105 cm³/mol. The van der Waals surface area contributed by atoms with E-state index in [-0.39, 0.29) is 30.7 Å². The van der Waals surface area contributed by atoms with Crippen LogP contribution in [-0.4, -0.2) is 42.0 Å². The monoisotopic (exact) mass is 387 g/mol. The maximum Gasteiger partial charge on any atom is 0.253 e. The van der Waals surface area contributed by atoms with Gasteiger partial charge in [-0.2, -0.15) is 0 Å². The van der Waals surface area contributed by atoms with Gasteiger partial charge >= 0.3 is 0 Å². The lowest BCUT2D eigenvalue weighted by atomic mass is 10.0. The molecule has 0 aliphatic carbocycles. The third kappa shape index (κ3) is 4.70. The summed E-state index contributed by atoms with van der Waals surface area (Å²) in [6.45, 7) is 3.62. The highest BCUT2D eigenvalue weighted by Crippen LogP contribution is 2.25. The molecule has 1 aromatic heterocycles. The van der Waals surface area contributed by atoms with Gasteiger partial charge in [-0.1, -0.05) is 12.1 Å². The van der Waals surface area contributed by atoms with Gasteiger partial charge in [0.25, 0.3) is 5.91 Å². The number of likely N-dealkylation sites (N-methyl/N-ethyl adjacent to an activating group) is 1. The summed E-state index contributed by atoms with van der Waals surface area (Å²) in [6.07, 6.45) is 2.20. The van der Waals surface area contributed by atoms with E-state index in [1.54, 1.807) is 11.3 Å². The first-order valence-corrected chi connectivity index (χ1v) is 8.54. The van der Waals surface area contributed by atoms with Crippen molar-refractivity contribution in [1.82, 2.24) is 15.2 Å². The minimum absolute atomic E-state index is 0. The Labute approximate surface area is 159 Å². The minimum atomic E-state index is 0. The van der Waals surface area contributed by atoms with Gasteiger partial charge in [0.15, 0.2) is 0 Å². The van der Waals surface area contributed by atoms with E-state index in [1.807, 2.05) is 48.5 Å². The Morgan fingerprint density at radius 1 is 1.38 bits per heavy atom. The van der Waals surface area contributed by atoms with Gasteiger partial charge in [-0.3, -0.25) is 4.79 Å². The van der Waals surface area contributed by atoms with Crippen LogP contribution >= 0.6 is 36.2 Å². The molecule has 2 heterocycles. The number of aryl methyl sites for hydroxylation is 1. The second-order valence-electron chi connectivity index (χ2n) is 5.75. The molecule has 132 valence electrons. The molecule has 1 N–H and O–H groups in total. The van der Waals surface area contributed by atoms with E-state index in [9.17, 15) is 4.79 Å². The van der Waals surface area contributed by atoms with E-state index in [1.165, 1.54) is 0 Å². The standard InChI is InChI=1S/C17H21N3OS.2ClH/c1-12-11-22-16(19-12)13-5-3-6-14(9-13)17(21)20-8-4-7-15(10-20)18-2;;/h3,5-6,9,11,15,18H,4,7-8,10H2,1-2H3;2*1H. The summed E-state index contributed by atoms with van der Waals surface area (Å²) in [7, 11) is 1.96. The lowest BCUT2D eigenvalue weighted by Crippen LogP contribution is -2.46. The molecule has 2 aromatic rings. The first kappa shape index (κ1) is 20.9. The number of carbonyl (C=O) groups excluding carboxylic acids is 1. The Balaban J connectivity index is 0.00000144. The van der Waals surface area contributed by atoms with Gasteiger partial charge in [0, 0.05) is 41.3 Å². The number of aromatic nitrogens is 1. The zero-order valence-electron chi connectivity index (χ0n) is 13.8. The van der Waals surface area contributed by atoms with Crippen molar-refractivity contribution in [3.8, 4) is 10.6 Å². The fraction of sp³-hybridized carbons (Fsp3) is 0.412. The smallest absolute Gasteiger partial charge is 0.253 e. The molecule has 1 aliphatic heterocycles. The molecule has 1 unspecified atom stereocenters. The summed E-state index contributed by atoms with van der Waals surface area (Å²) in [6, 6.07) is 8.22. The van der Waals surface area contributed by atoms with Crippen LogP contribution in [0.1, 0.15) is 28.9 Å². The number of carbonyl (C=O) groups is 1. The lowest BCUT2D eigenvalue weighted by Gasteiger charge is -2.32. The number of thiazole rings is 1. The maximum atomic E-state index is 12.7. The van der Waals surface area contributed by atoms with Crippen molar-refractivity contribution in [2.75, 3.05) is 20.1 Å². The minimum Gasteiger partial charge on any atom is -0.337 e. The summed E-state index contributed by atoms with van der Waals surface area (Å²) in [5.41, 5.74) is 2.79. The quantitative estimate of drug-likeness (QED) is 0.870. The zero-order chi connectivity index (χ0) is 15.5. The second kappa shape index (κ2) is 9.37. The molecule has 0 radical (unpaired) electrons. The molecule has 1 saturated heterocycles. The highest BCUT2D eigenvalue weighted by Gasteiger charge is 2.23. The number of benzene rings is 1. The Hall–Kier alpha value is -1.14. The van der Waals surface area contributed by atoms with Crippen LogP contribution < -0.4 is 5.32 Å². The molecule has 0 saturated carbocycles. The largest absolute Gasteiger partial charge is 0.337 e. The number of halogens is 2. The van der Waals surface area contributed by atoms with Gasteiger partial charge in [-0.15, -0.1) is 36.2 Å². The molecule has 1 aliphatic rings. The van der Waals surface area contributed by atoms with Crippen LogP contribution in [0.2, 0.25) is 0 Å². The summed E-state index contributed by atoms with van der Waals surface area (Å²) in [5.74, 6) is 0.120. The highest BCUT2D eigenvalue weighted by atomic mass is 35.5. The molecule has 1 amide bonds. The number of rotatable bonds is 3. The number of hydrogen-bond donors (Lipinski definition) is 1. The maximum absolute atomic E-state index is 12.7. The first-order chi connectivity index (χ1) is 10.7. The van der Waals surface area contributed by atoms with Crippen molar-refractivity contribution in [2.45, 2.75) is 25.8 Å². The summed E-state index contributed by atoms with van der Waals surface area (Å²) in [5, 5.41) is 6.28. The van der Waals surface area contributed by atoms with Crippen LogP contribution in [-0.2, 0) is 0 Å². The average molecular weight is 388 g/mol. The van der Waals surface area contributed by atoms with E-state index >= 15 is 0 Å². The molecular formula is C17H23Cl2N3OS. The first-order valence-electron chi connectivity index (χ1n) is 7.66. The van der Waals surface area contributed by atoms with Gasteiger partial charge in [0.2, 0.25) is 0 Å². The number of nitrogens with zero attached hydrogens (tertiary/aromatic N) is 2. The van der Waals surface area contributed by atoms with E-state index in [0.717, 1.165) is 47.8 Å². The normalized spacial score (nSPS) is 16.9. The predicted octanol–water partition coefficient (Wildman–Crippen LogP) is 3.79. The fourth-order valence-corrected chi connectivity index (χ4v) is 3.65. The van der Waals surface area contributed by atoms with Crippen LogP contribution in [0.5, 0.6) is 0 Å². The lowest BCUT2D eigenvalue weighted by molar-refractivity contribution is 0.0698. The van der Waals surface area contributed by atoms with Crippen molar-refractivity contribution < 1.29 is 4.79 Å². The Bertz CT molecular complexity index is 677. The van der Waals surface area contributed by atoms with E-state index < -0.39 is 0 Å². The molecule has 1 aromatic carbocycles. The number of amides is 1. The van der Waals surface area contributed by atoms with Crippen molar-refractivity contribution in [3.63, 3.8) is 0 Å². The van der Waals surface area contributed by atoms with Crippen LogP contribution in [0, 0.1) is 6.92 Å². The molecule has 3 rings (SSSR count). The summed E-state index contributed by atoms with van der Waals surface area (Å²) in [4.78, 5) is 19.2. The van der Waals surface area contributed by atoms with Gasteiger partial charge in [-0.25, -0.2) is 4.98 Å². The molecule has 24 heavy (non-hydrogen) atoms. The number of hydrogen-bond acceptors (Lipinski definition) is 4. The summed E-state index contributed by atoms with van der Waals surface area (Å²) < 4.78 is 0. The molecule has 4 nitrogen and oxygen atoms in total. The van der Waals surface area contributed by atoms with E-state index in [4.69, 9.17) is 0 Å². The third-order valence-corrected chi connectivity index (χ3v) is 5.10. The van der Waals surface area contributed by atoms with E-state index in [0.29, 0.717) is 6.04 Å². The van der Waals surface area contributed by atoms with Crippen molar-refractivity contribution in [3.05, 3.63) is 40.9 Å². The number of piperidine rings is 1. The van der Waals surface area contributed by atoms with Crippen molar-refractivity contribution in [2.24, 2.45) is 0 Å². The molecule has 0 bridgehead atoms. The average Bonchev–Trinajstić information content (AvgIpc) is 3.01. The Morgan fingerprint density at radius 3 is 2.83 bits per heavy atom. The van der Waals surface area contributed by atoms with Crippen molar-refractivity contribution >= 4 is 42.1 Å². The Kier molecular flexibility index (Phi) is 8.16. The topological polar surface area (TPSA) is 45.2 Å². The van der Waals surface area contributed by atoms with Gasteiger partial charge in [0.1, 0.15) is 5.01 Å². The number of nitrogens with one attached hydrogen (secondary N) is 1. The number of likely N-dealkylation sites (tertiary alicyclic amines) is 1. The van der Waals surface area contributed by atoms with Gasteiger partial charge < -0.3 is 10.2 Å². The molecular weight excluding hydrogens is 365 g/mol. The molecule has 7 heteroatoms. The van der Waals surface area contributed by atoms with Crippen LogP contribution in [0.15, 0.2) is 29.6 Å². The highest BCUT2D eigenvalue weighted by molar-refractivity contribution is 7.13. The third-order valence-electron chi connectivity index (χ3n) is 4.09. The van der Waals surface area contributed by atoms with Gasteiger partial charge in [0.05, 0.1) is 0 Å². The van der Waals surface area contributed by atoms with Crippen molar-refractivity contribution in [1.29, 1.82) is 0 Å². The van der Waals surface area contributed by atoms with Crippen LogP contribution in [0.25, 0.3) is 10.6 Å². The van der Waals surface area contributed by atoms with Crippen LogP contribution in [0.3, 0.4) is 0 Å². The van der Waals surface area contributed by atoms with E-state index in [2.05, 4.69) is 10.3 Å². The SMILES string of the molecule is CNC1CCCN(C(=O)c2cccc(-c3nc(C)cs3)c2)C1.Cl.Cl. The molecule has 1 fully saturated rings. The molecule has 1 atom stereocenters. The molecule has 0 spiro atoms. The second-order valence-corrected chi connectivity index (χ2v) is 6.61. The van der Waals surface area contributed by atoms with Crippen LogP contribution in [0.4, 0.5) is 0 Å². The fourth-order valence-electron chi connectivity index (χ4n) is 2.85. The Morgan fingerprint density at radius 2 is 2.17 bits per heavy atom.